The Labute approximate surface area is 118 Å². The lowest BCUT2D eigenvalue weighted by atomic mass is 9.95. The van der Waals surface area contributed by atoms with Crippen LogP contribution in [0.2, 0.25) is 5.15 Å². The van der Waals surface area contributed by atoms with Crippen LogP contribution in [0.4, 0.5) is 10.5 Å². The standard InChI is InChI=1S/C14H18ClN3O/c1-10(11-6-3-2-4-7-11)17-14(19)18-12-8-5-9-16-13(12)15/h5-6,8-10H,2-4,7H2,1H3,(H2,17,18,19)/t10-/m0/s1. The summed E-state index contributed by atoms with van der Waals surface area (Å²) in [5.41, 5.74) is 1.82. The zero-order valence-corrected chi connectivity index (χ0v) is 11.7. The first-order valence-corrected chi connectivity index (χ1v) is 6.91. The minimum absolute atomic E-state index is 0.0516. The van der Waals surface area contributed by atoms with E-state index in [1.807, 2.05) is 6.92 Å². The molecule has 0 unspecified atom stereocenters. The second kappa shape index (κ2) is 6.57. The van der Waals surface area contributed by atoms with Crippen molar-refractivity contribution in [1.29, 1.82) is 0 Å². The summed E-state index contributed by atoms with van der Waals surface area (Å²) < 4.78 is 0. The normalized spacial score (nSPS) is 16.4. The number of rotatable bonds is 3. The minimum Gasteiger partial charge on any atom is -0.332 e. The Morgan fingerprint density at radius 1 is 1.47 bits per heavy atom. The lowest BCUT2D eigenvalue weighted by molar-refractivity contribution is 0.250. The van der Waals surface area contributed by atoms with Crippen LogP contribution >= 0.6 is 11.6 Å². The summed E-state index contributed by atoms with van der Waals surface area (Å²) in [6, 6.07) is 3.25. The largest absolute Gasteiger partial charge is 0.332 e. The van der Waals surface area contributed by atoms with Crippen LogP contribution < -0.4 is 10.6 Å². The maximum Gasteiger partial charge on any atom is 0.319 e. The fourth-order valence-corrected chi connectivity index (χ4v) is 2.35. The molecule has 2 rings (SSSR count). The number of nitrogens with one attached hydrogen (secondary N) is 2. The summed E-state index contributed by atoms with van der Waals surface area (Å²) in [5, 5.41) is 5.92. The van der Waals surface area contributed by atoms with Gasteiger partial charge in [-0.2, -0.15) is 0 Å². The number of urea groups is 1. The van der Waals surface area contributed by atoms with Crippen LogP contribution in [0.25, 0.3) is 0 Å². The molecule has 4 nitrogen and oxygen atoms in total. The van der Waals surface area contributed by atoms with E-state index in [9.17, 15) is 4.79 Å². The van der Waals surface area contributed by atoms with E-state index in [4.69, 9.17) is 11.6 Å². The van der Waals surface area contributed by atoms with Crippen molar-refractivity contribution in [3.05, 3.63) is 35.1 Å². The van der Waals surface area contributed by atoms with Crippen LogP contribution in [0.3, 0.4) is 0 Å². The van der Waals surface area contributed by atoms with Gasteiger partial charge in [0.1, 0.15) is 0 Å². The van der Waals surface area contributed by atoms with Gasteiger partial charge in [0.2, 0.25) is 0 Å². The monoisotopic (exact) mass is 279 g/mol. The Bertz CT molecular complexity index is 487. The predicted octanol–water partition coefficient (Wildman–Crippen LogP) is 3.75. The molecule has 19 heavy (non-hydrogen) atoms. The third-order valence-electron chi connectivity index (χ3n) is 3.24. The van der Waals surface area contributed by atoms with Gasteiger partial charge in [-0.3, -0.25) is 0 Å². The maximum absolute atomic E-state index is 11.9. The van der Waals surface area contributed by atoms with Gasteiger partial charge < -0.3 is 10.6 Å². The molecule has 102 valence electrons. The number of anilines is 1. The second-order valence-corrected chi connectivity index (χ2v) is 5.04. The summed E-state index contributed by atoms with van der Waals surface area (Å²) in [4.78, 5) is 15.8. The van der Waals surface area contributed by atoms with Gasteiger partial charge in [-0.05, 0) is 44.7 Å². The highest BCUT2D eigenvalue weighted by atomic mass is 35.5. The first-order chi connectivity index (χ1) is 9.16. The Morgan fingerprint density at radius 2 is 2.32 bits per heavy atom. The van der Waals surface area contributed by atoms with Gasteiger partial charge in [0.25, 0.3) is 0 Å². The van der Waals surface area contributed by atoms with E-state index in [2.05, 4.69) is 21.7 Å². The van der Waals surface area contributed by atoms with E-state index in [0.29, 0.717) is 10.8 Å². The first-order valence-electron chi connectivity index (χ1n) is 6.54. The zero-order valence-electron chi connectivity index (χ0n) is 10.9. The number of nitrogens with zero attached hydrogens (tertiary/aromatic N) is 1. The average molecular weight is 280 g/mol. The molecule has 2 N–H and O–H groups in total. The maximum atomic E-state index is 11.9. The highest BCUT2D eigenvalue weighted by Gasteiger charge is 2.14. The molecule has 0 saturated heterocycles. The molecule has 1 aromatic heterocycles. The van der Waals surface area contributed by atoms with Crippen molar-refractivity contribution >= 4 is 23.3 Å². The third-order valence-corrected chi connectivity index (χ3v) is 3.54. The summed E-state index contributed by atoms with van der Waals surface area (Å²) >= 11 is 5.89. The van der Waals surface area contributed by atoms with Crippen molar-refractivity contribution in [1.82, 2.24) is 10.3 Å². The van der Waals surface area contributed by atoms with E-state index in [1.165, 1.54) is 18.4 Å². The Kier molecular flexibility index (Phi) is 4.80. The lowest BCUT2D eigenvalue weighted by Crippen LogP contribution is -2.37. The molecular weight excluding hydrogens is 262 g/mol. The Balaban J connectivity index is 1.91. The molecule has 0 radical (unpaired) electrons. The summed E-state index contributed by atoms with van der Waals surface area (Å²) in [6.45, 7) is 2.00. The molecule has 1 aliphatic carbocycles. The lowest BCUT2D eigenvalue weighted by Gasteiger charge is -2.21. The highest BCUT2D eigenvalue weighted by molar-refractivity contribution is 6.32. The number of pyridine rings is 1. The van der Waals surface area contributed by atoms with Crippen molar-refractivity contribution in [2.45, 2.75) is 38.6 Å². The van der Waals surface area contributed by atoms with Gasteiger partial charge in [0.15, 0.2) is 5.15 Å². The van der Waals surface area contributed by atoms with Crippen LogP contribution in [0.1, 0.15) is 32.6 Å². The van der Waals surface area contributed by atoms with Crippen LogP contribution in [-0.2, 0) is 0 Å². The van der Waals surface area contributed by atoms with Crippen molar-refractivity contribution in [3.8, 4) is 0 Å². The average Bonchev–Trinajstić information content (AvgIpc) is 2.42. The Hall–Kier alpha value is -1.55. The summed E-state index contributed by atoms with van der Waals surface area (Å²) in [7, 11) is 0. The van der Waals surface area contributed by atoms with Gasteiger partial charge in [-0.25, -0.2) is 9.78 Å². The predicted molar refractivity (Wildman–Crippen MR) is 77.4 cm³/mol. The number of amides is 2. The second-order valence-electron chi connectivity index (χ2n) is 4.69. The van der Waals surface area contributed by atoms with Crippen molar-refractivity contribution < 1.29 is 4.79 Å². The molecule has 2 amide bonds. The van der Waals surface area contributed by atoms with Crippen molar-refractivity contribution in [2.75, 3.05) is 5.32 Å². The molecule has 1 atom stereocenters. The zero-order chi connectivity index (χ0) is 13.7. The van der Waals surface area contributed by atoms with Gasteiger partial charge in [-0.1, -0.05) is 23.3 Å². The fraction of sp³-hybridized carbons (Fsp3) is 0.429. The van der Waals surface area contributed by atoms with Gasteiger partial charge >= 0.3 is 6.03 Å². The number of halogens is 1. The highest BCUT2D eigenvalue weighted by Crippen LogP contribution is 2.21. The fourth-order valence-electron chi connectivity index (χ4n) is 2.18. The minimum atomic E-state index is -0.256. The summed E-state index contributed by atoms with van der Waals surface area (Å²) in [5.74, 6) is 0. The van der Waals surface area contributed by atoms with E-state index in [0.717, 1.165) is 12.8 Å². The first kappa shape index (κ1) is 13.9. The van der Waals surface area contributed by atoms with Crippen LogP contribution in [0.5, 0.6) is 0 Å². The number of hydrogen-bond acceptors (Lipinski definition) is 2. The number of aromatic nitrogens is 1. The van der Waals surface area contributed by atoms with Crippen LogP contribution in [0, 0.1) is 0 Å². The van der Waals surface area contributed by atoms with Crippen LogP contribution in [0.15, 0.2) is 30.0 Å². The number of carbonyl (C=O) groups is 1. The Morgan fingerprint density at radius 3 is 3.00 bits per heavy atom. The molecule has 0 spiro atoms. The van der Waals surface area contributed by atoms with Crippen molar-refractivity contribution in [2.24, 2.45) is 0 Å². The molecule has 0 saturated carbocycles. The number of allylic oxidation sites excluding steroid dienone is 1. The molecule has 0 aliphatic heterocycles. The van der Waals surface area contributed by atoms with E-state index in [1.54, 1.807) is 18.3 Å². The van der Waals surface area contributed by atoms with Gasteiger partial charge in [-0.15, -0.1) is 0 Å². The summed E-state index contributed by atoms with van der Waals surface area (Å²) in [6.07, 6.45) is 8.43. The molecule has 0 bridgehead atoms. The molecular formula is C14H18ClN3O. The smallest absolute Gasteiger partial charge is 0.319 e. The third kappa shape index (κ3) is 3.96. The SMILES string of the molecule is C[C@H](NC(=O)Nc1cccnc1Cl)C1=CCCCC1. The van der Waals surface area contributed by atoms with Gasteiger partial charge in [0, 0.05) is 12.2 Å². The number of carbonyl (C=O) groups excluding carboxylic acids is 1. The van der Waals surface area contributed by atoms with Gasteiger partial charge in [0.05, 0.1) is 5.69 Å². The quantitative estimate of drug-likeness (QED) is 0.654. The number of hydrogen-bond donors (Lipinski definition) is 2. The molecule has 5 heteroatoms. The molecule has 1 heterocycles. The van der Waals surface area contributed by atoms with E-state index in [-0.39, 0.29) is 12.1 Å². The van der Waals surface area contributed by atoms with Crippen molar-refractivity contribution in [3.63, 3.8) is 0 Å². The molecule has 0 fully saturated rings. The topological polar surface area (TPSA) is 54.0 Å². The van der Waals surface area contributed by atoms with Crippen LogP contribution in [-0.4, -0.2) is 17.1 Å². The molecule has 1 aliphatic rings. The molecule has 1 aromatic rings. The van der Waals surface area contributed by atoms with E-state index >= 15 is 0 Å². The van der Waals surface area contributed by atoms with E-state index < -0.39 is 0 Å². The molecule has 0 aromatic carbocycles.